The van der Waals surface area contributed by atoms with Crippen LogP contribution in [0.4, 0.5) is 0 Å². The van der Waals surface area contributed by atoms with Gasteiger partial charge in [-0.05, 0) is 42.7 Å². The average molecular weight is 450 g/mol. The van der Waals surface area contributed by atoms with Crippen molar-refractivity contribution in [2.45, 2.75) is 38.3 Å². The van der Waals surface area contributed by atoms with Crippen LogP contribution in [0.5, 0.6) is 0 Å². The normalized spacial score (nSPS) is 18.1. The molecule has 1 saturated heterocycles. The van der Waals surface area contributed by atoms with E-state index in [4.69, 9.17) is 5.11 Å². The van der Waals surface area contributed by atoms with Crippen molar-refractivity contribution in [2.24, 2.45) is 5.92 Å². The molecule has 2 aromatic rings. The Hall–Kier alpha value is -3.14. The first-order valence-corrected chi connectivity index (χ1v) is 11.4. The van der Waals surface area contributed by atoms with Crippen molar-refractivity contribution in [1.29, 1.82) is 0 Å². The molecule has 1 amide bonds. The predicted molar refractivity (Wildman–Crippen MR) is 127 cm³/mol. The van der Waals surface area contributed by atoms with Gasteiger partial charge in [0.15, 0.2) is 0 Å². The van der Waals surface area contributed by atoms with Gasteiger partial charge in [-0.25, -0.2) is 4.79 Å². The number of carboxylic acids is 1. The Kier molecular flexibility index (Phi) is 8.43. The molecule has 0 bridgehead atoms. The van der Waals surface area contributed by atoms with Crippen LogP contribution < -0.4 is 0 Å². The van der Waals surface area contributed by atoms with Crippen LogP contribution in [0.15, 0.2) is 60.7 Å². The fourth-order valence-electron chi connectivity index (χ4n) is 3.42. The third-order valence-corrected chi connectivity index (χ3v) is 6.38. The smallest absolute Gasteiger partial charge is 0.345 e. The topological polar surface area (TPSA) is 77.8 Å². The number of thiophene rings is 1. The highest BCUT2D eigenvalue weighted by Crippen LogP contribution is 2.22. The number of carbonyl (C=O) groups excluding carboxylic acids is 1. The molecule has 1 aliphatic heterocycles. The van der Waals surface area contributed by atoms with Crippen molar-refractivity contribution in [3.63, 3.8) is 0 Å². The van der Waals surface area contributed by atoms with Crippen LogP contribution in [-0.4, -0.2) is 45.7 Å². The van der Waals surface area contributed by atoms with E-state index in [0.717, 1.165) is 16.9 Å². The Bertz CT molecular complexity index is 1040. The number of aromatic carboxylic acids is 1. The molecule has 1 fully saturated rings. The minimum atomic E-state index is -0.937. The number of hydrogen-bond acceptors (Lipinski definition) is 4. The standard InChI is InChI=1S/C26H27NO4S/c1-19(7-5-10-20-8-3-2-4-9-20)23(28)15-12-21-13-17-25(29)27(21)18-6-11-22-14-16-24(32-22)26(30)31/h2-4,6,8-9,11-12,14-16,19,21,23,28H,7,13,17-18H2,1H3,(H,30,31)/b11-6?,15-12-/t19-,21-,23-/m0/s1. The molecule has 0 aliphatic carbocycles. The van der Waals surface area contributed by atoms with Crippen molar-refractivity contribution in [1.82, 2.24) is 4.90 Å². The van der Waals surface area contributed by atoms with Gasteiger partial charge < -0.3 is 15.1 Å². The van der Waals surface area contributed by atoms with Crippen LogP contribution in [0.3, 0.4) is 0 Å². The molecule has 3 atom stereocenters. The van der Waals surface area contributed by atoms with Crippen LogP contribution in [0, 0.1) is 17.8 Å². The number of amides is 1. The summed E-state index contributed by atoms with van der Waals surface area (Å²) < 4.78 is 0. The summed E-state index contributed by atoms with van der Waals surface area (Å²) >= 11 is 1.20. The summed E-state index contributed by atoms with van der Waals surface area (Å²) in [5, 5.41) is 19.5. The number of aliphatic hydroxyl groups excluding tert-OH is 1. The molecule has 3 rings (SSSR count). The molecule has 6 heteroatoms. The highest BCUT2D eigenvalue weighted by atomic mass is 32.1. The predicted octanol–water partition coefficient (Wildman–Crippen LogP) is 4.45. The number of benzene rings is 1. The van der Waals surface area contributed by atoms with E-state index in [9.17, 15) is 14.7 Å². The van der Waals surface area contributed by atoms with E-state index < -0.39 is 12.1 Å². The summed E-state index contributed by atoms with van der Waals surface area (Å²) in [7, 11) is 0. The highest BCUT2D eigenvalue weighted by Gasteiger charge is 2.28. The fourth-order valence-corrected chi connectivity index (χ4v) is 4.20. The minimum absolute atomic E-state index is 0.0184. The monoisotopic (exact) mass is 449 g/mol. The number of rotatable bonds is 8. The van der Waals surface area contributed by atoms with Gasteiger partial charge in [-0.3, -0.25) is 4.79 Å². The van der Waals surface area contributed by atoms with Gasteiger partial charge in [-0.15, -0.1) is 11.3 Å². The fraction of sp³-hybridized carbons (Fsp3) is 0.308. The number of nitrogens with zero attached hydrogens (tertiary/aromatic N) is 1. The summed E-state index contributed by atoms with van der Waals surface area (Å²) in [5.74, 6) is 5.36. The molecule has 166 valence electrons. The quantitative estimate of drug-likeness (QED) is 0.461. The molecule has 0 radical (unpaired) electrons. The summed E-state index contributed by atoms with van der Waals surface area (Å²) in [6.45, 7) is 2.41. The Morgan fingerprint density at radius 3 is 2.78 bits per heavy atom. The average Bonchev–Trinajstić information content (AvgIpc) is 3.40. The van der Waals surface area contributed by atoms with Crippen molar-refractivity contribution in [2.75, 3.05) is 6.54 Å². The Labute approximate surface area is 192 Å². The zero-order chi connectivity index (χ0) is 22.9. The van der Waals surface area contributed by atoms with Crippen molar-refractivity contribution in [3.8, 4) is 11.8 Å². The number of hydrogen-bond donors (Lipinski definition) is 2. The van der Waals surface area contributed by atoms with Crippen LogP contribution in [0.1, 0.15) is 46.3 Å². The highest BCUT2D eigenvalue weighted by molar-refractivity contribution is 7.14. The third kappa shape index (κ3) is 6.68. The number of aliphatic hydroxyl groups is 1. The molecule has 2 heterocycles. The number of likely N-dealkylation sites (tertiary alicyclic amines) is 1. The molecule has 5 nitrogen and oxygen atoms in total. The summed E-state index contributed by atoms with van der Waals surface area (Å²) in [5.41, 5.74) is 0.958. The lowest BCUT2D eigenvalue weighted by molar-refractivity contribution is -0.127. The van der Waals surface area contributed by atoms with E-state index in [1.54, 1.807) is 23.1 Å². The van der Waals surface area contributed by atoms with Gasteiger partial charge >= 0.3 is 5.97 Å². The summed E-state index contributed by atoms with van der Waals surface area (Å²) in [6, 6.07) is 13.0. The molecule has 2 N–H and O–H groups in total. The minimum Gasteiger partial charge on any atom is -0.477 e. The van der Waals surface area contributed by atoms with Crippen LogP contribution >= 0.6 is 11.3 Å². The first-order valence-electron chi connectivity index (χ1n) is 10.6. The molecule has 1 aliphatic rings. The van der Waals surface area contributed by atoms with Crippen molar-refractivity contribution < 1.29 is 19.8 Å². The molecule has 0 spiro atoms. The van der Waals surface area contributed by atoms with E-state index >= 15 is 0 Å². The zero-order valence-corrected chi connectivity index (χ0v) is 18.8. The van der Waals surface area contributed by atoms with Gasteiger partial charge in [-0.1, -0.05) is 55.2 Å². The molecule has 1 aromatic carbocycles. The summed E-state index contributed by atoms with van der Waals surface area (Å²) in [6.07, 6.45) is 8.56. The van der Waals surface area contributed by atoms with E-state index in [-0.39, 0.29) is 17.9 Å². The lowest BCUT2D eigenvalue weighted by Crippen LogP contribution is -2.32. The molecule has 0 saturated carbocycles. The maximum absolute atomic E-state index is 12.3. The van der Waals surface area contributed by atoms with Gasteiger partial charge in [0.1, 0.15) is 4.88 Å². The Morgan fingerprint density at radius 1 is 1.28 bits per heavy atom. The van der Waals surface area contributed by atoms with Gasteiger partial charge in [0.25, 0.3) is 0 Å². The largest absolute Gasteiger partial charge is 0.477 e. The SMILES string of the molecule is C[C@@H](CC#Cc1ccccc1)[C@@H](O)/C=C\[C@H]1CCC(=O)N1CC=Cc1ccc(C(=O)O)s1. The maximum atomic E-state index is 12.3. The molecular formula is C26H27NO4S. The first kappa shape index (κ1) is 23.5. The van der Waals surface area contributed by atoms with Gasteiger partial charge in [-0.2, -0.15) is 0 Å². The Morgan fingerprint density at radius 2 is 2.06 bits per heavy atom. The Balaban J connectivity index is 1.52. The first-order chi connectivity index (χ1) is 15.4. The van der Waals surface area contributed by atoms with Gasteiger partial charge in [0.2, 0.25) is 5.91 Å². The zero-order valence-electron chi connectivity index (χ0n) is 18.0. The second kappa shape index (κ2) is 11.5. The van der Waals surface area contributed by atoms with Crippen LogP contribution in [-0.2, 0) is 4.79 Å². The number of carbonyl (C=O) groups is 2. The summed E-state index contributed by atoms with van der Waals surface area (Å²) in [4.78, 5) is 26.2. The van der Waals surface area contributed by atoms with Crippen LogP contribution in [0.25, 0.3) is 6.08 Å². The van der Waals surface area contributed by atoms with Crippen LogP contribution in [0.2, 0.25) is 0 Å². The second-order valence-electron chi connectivity index (χ2n) is 7.79. The molecule has 0 unspecified atom stereocenters. The van der Waals surface area contributed by atoms with E-state index in [1.807, 2.05) is 55.5 Å². The lowest BCUT2D eigenvalue weighted by Gasteiger charge is -2.21. The van der Waals surface area contributed by atoms with Gasteiger partial charge in [0, 0.05) is 29.8 Å². The van der Waals surface area contributed by atoms with Crippen molar-refractivity contribution in [3.05, 3.63) is 76.0 Å². The maximum Gasteiger partial charge on any atom is 0.345 e. The van der Waals surface area contributed by atoms with Gasteiger partial charge in [0.05, 0.1) is 12.1 Å². The van der Waals surface area contributed by atoms with E-state index in [2.05, 4.69) is 11.8 Å². The molecule has 1 aromatic heterocycles. The second-order valence-corrected chi connectivity index (χ2v) is 8.90. The molecular weight excluding hydrogens is 422 g/mol. The van der Waals surface area contributed by atoms with Crippen molar-refractivity contribution >= 4 is 29.3 Å². The van der Waals surface area contributed by atoms with E-state index in [1.165, 1.54) is 11.3 Å². The lowest BCUT2D eigenvalue weighted by atomic mass is 9.99. The number of carboxylic acid groups (broad SMARTS) is 1. The third-order valence-electron chi connectivity index (χ3n) is 5.34. The van der Waals surface area contributed by atoms with E-state index in [0.29, 0.717) is 24.3 Å². The molecule has 32 heavy (non-hydrogen) atoms.